The number of carbonyl (C=O) groups is 2. The van der Waals surface area contributed by atoms with Crippen molar-refractivity contribution < 1.29 is 14.7 Å². The van der Waals surface area contributed by atoms with Crippen molar-refractivity contribution in [1.29, 1.82) is 0 Å². The zero-order chi connectivity index (χ0) is 22.6. The maximum absolute atomic E-state index is 12.3. The van der Waals surface area contributed by atoms with Gasteiger partial charge >= 0.3 is 5.97 Å². The molecule has 0 fully saturated rings. The number of carboxylic acids is 1. The predicted molar refractivity (Wildman–Crippen MR) is 126 cm³/mol. The quantitative estimate of drug-likeness (QED) is 0.445. The molecule has 4 nitrogen and oxygen atoms in total. The van der Waals surface area contributed by atoms with E-state index >= 15 is 0 Å². The standard InChI is InChI=1S/C28H29NO3/c1-20(30)29-28(25-11-5-3-9-23(25)24-10-4-6-12-26(24)28)19-18-22-16-14-21(15-17-22)8-2-7-13-27(31)32/h3-6,9-12,14-17H,2,7-8,13,18-19H2,1H3,(H,29,30)(H,31,32). The van der Waals surface area contributed by atoms with Gasteiger partial charge in [0.1, 0.15) is 0 Å². The second kappa shape index (κ2) is 9.39. The second-order valence-electron chi connectivity index (χ2n) is 8.60. The first kappa shape index (κ1) is 21.8. The third-order valence-corrected chi connectivity index (χ3v) is 6.37. The summed E-state index contributed by atoms with van der Waals surface area (Å²) < 4.78 is 0. The predicted octanol–water partition coefficient (Wildman–Crippen LogP) is 5.48. The molecule has 4 rings (SSSR count). The lowest BCUT2D eigenvalue weighted by Gasteiger charge is -2.33. The fourth-order valence-corrected chi connectivity index (χ4v) is 4.90. The highest BCUT2D eigenvalue weighted by Gasteiger charge is 2.43. The molecule has 3 aromatic carbocycles. The van der Waals surface area contributed by atoms with Crippen LogP contribution in [0.2, 0.25) is 0 Å². The van der Waals surface area contributed by atoms with Gasteiger partial charge in [-0.15, -0.1) is 0 Å². The van der Waals surface area contributed by atoms with Crippen LogP contribution in [0.5, 0.6) is 0 Å². The van der Waals surface area contributed by atoms with Crippen LogP contribution >= 0.6 is 0 Å². The third kappa shape index (κ3) is 4.45. The van der Waals surface area contributed by atoms with Crippen LogP contribution in [0.4, 0.5) is 0 Å². The maximum Gasteiger partial charge on any atom is 0.303 e. The number of nitrogens with one attached hydrogen (secondary N) is 1. The normalized spacial score (nSPS) is 13.3. The van der Waals surface area contributed by atoms with E-state index in [9.17, 15) is 9.59 Å². The Morgan fingerprint density at radius 3 is 1.84 bits per heavy atom. The molecule has 2 N–H and O–H groups in total. The number of aryl methyl sites for hydroxylation is 2. The molecule has 1 amide bonds. The Kier molecular flexibility index (Phi) is 6.40. The molecule has 3 aromatic rings. The van der Waals surface area contributed by atoms with Crippen molar-refractivity contribution in [2.24, 2.45) is 0 Å². The van der Waals surface area contributed by atoms with Crippen molar-refractivity contribution in [2.75, 3.05) is 0 Å². The summed E-state index contributed by atoms with van der Waals surface area (Å²) in [7, 11) is 0. The number of rotatable bonds is 9. The summed E-state index contributed by atoms with van der Waals surface area (Å²) in [4.78, 5) is 23.0. The van der Waals surface area contributed by atoms with E-state index in [1.165, 1.54) is 22.3 Å². The largest absolute Gasteiger partial charge is 0.481 e. The van der Waals surface area contributed by atoms with Gasteiger partial charge in [-0.05, 0) is 65.5 Å². The van der Waals surface area contributed by atoms with Gasteiger partial charge in [0.05, 0.1) is 5.54 Å². The minimum atomic E-state index is -0.733. The first-order valence-corrected chi connectivity index (χ1v) is 11.3. The van der Waals surface area contributed by atoms with Crippen LogP contribution in [0.1, 0.15) is 54.9 Å². The molecular weight excluding hydrogens is 398 g/mol. The van der Waals surface area contributed by atoms with E-state index in [-0.39, 0.29) is 12.3 Å². The van der Waals surface area contributed by atoms with Gasteiger partial charge in [0, 0.05) is 13.3 Å². The highest BCUT2D eigenvalue weighted by molar-refractivity contribution is 5.84. The van der Waals surface area contributed by atoms with Gasteiger partial charge < -0.3 is 10.4 Å². The molecule has 0 radical (unpaired) electrons. The molecule has 0 heterocycles. The van der Waals surface area contributed by atoms with Gasteiger partial charge in [-0.25, -0.2) is 0 Å². The van der Waals surface area contributed by atoms with E-state index in [0.717, 1.165) is 36.8 Å². The number of aliphatic carboxylic acids is 1. The summed E-state index contributed by atoms with van der Waals surface area (Å²) in [6, 6.07) is 25.3. The summed E-state index contributed by atoms with van der Waals surface area (Å²) in [5, 5.41) is 12.1. The molecule has 0 bridgehead atoms. The molecule has 1 aliphatic carbocycles. The number of amides is 1. The molecule has 0 aliphatic heterocycles. The summed E-state index contributed by atoms with van der Waals surface area (Å²) >= 11 is 0. The van der Waals surface area contributed by atoms with Gasteiger partial charge in [-0.2, -0.15) is 0 Å². The monoisotopic (exact) mass is 427 g/mol. The molecule has 0 saturated heterocycles. The van der Waals surface area contributed by atoms with Gasteiger partial charge in [-0.3, -0.25) is 9.59 Å². The van der Waals surface area contributed by atoms with Crippen molar-refractivity contribution in [3.05, 3.63) is 95.1 Å². The van der Waals surface area contributed by atoms with E-state index in [1.807, 2.05) is 12.1 Å². The van der Waals surface area contributed by atoms with E-state index in [1.54, 1.807) is 6.92 Å². The molecule has 4 heteroatoms. The fraction of sp³-hybridized carbons (Fsp3) is 0.286. The zero-order valence-electron chi connectivity index (χ0n) is 18.4. The number of hydrogen-bond donors (Lipinski definition) is 2. The highest BCUT2D eigenvalue weighted by atomic mass is 16.4. The lowest BCUT2D eigenvalue weighted by molar-refractivity contribution is -0.137. The Balaban J connectivity index is 1.54. The molecule has 32 heavy (non-hydrogen) atoms. The number of carbonyl (C=O) groups excluding carboxylic acids is 1. The summed E-state index contributed by atoms with van der Waals surface area (Å²) in [5.74, 6) is -0.767. The van der Waals surface area contributed by atoms with Crippen LogP contribution in [0.3, 0.4) is 0 Å². The van der Waals surface area contributed by atoms with Crippen molar-refractivity contribution >= 4 is 11.9 Å². The van der Waals surface area contributed by atoms with Gasteiger partial charge in [0.2, 0.25) is 5.91 Å². The number of fused-ring (bicyclic) bond motifs is 3. The van der Waals surface area contributed by atoms with Gasteiger partial charge in [-0.1, -0.05) is 72.8 Å². The molecule has 0 spiro atoms. The minimum Gasteiger partial charge on any atom is -0.481 e. The first-order chi connectivity index (χ1) is 15.5. The van der Waals surface area contributed by atoms with E-state index in [0.29, 0.717) is 6.42 Å². The van der Waals surface area contributed by atoms with E-state index in [4.69, 9.17) is 5.11 Å². The summed E-state index contributed by atoms with van der Waals surface area (Å²) in [5.41, 5.74) is 6.62. The Morgan fingerprint density at radius 1 is 0.781 bits per heavy atom. The molecular formula is C28H29NO3. The lowest BCUT2D eigenvalue weighted by Crippen LogP contribution is -2.45. The van der Waals surface area contributed by atoms with Crippen molar-refractivity contribution in [3.63, 3.8) is 0 Å². The van der Waals surface area contributed by atoms with Crippen LogP contribution in [0.25, 0.3) is 11.1 Å². The molecule has 0 aromatic heterocycles. The maximum atomic E-state index is 12.3. The van der Waals surface area contributed by atoms with Crippen molar-refractivity contribution in [3.8, 4) is 11.1 Å². The Bertz CT molecular complexity index is 1070. The van der Waals surface area contributed by atoms with E-state index < -0.39 is 11.5 Å². The fourth-order valence-electron chi connectivity index (χ4n) is 4.90. The van der Waals surface area contributed by atoms with Crippen LogP contribution in [0, 0.1) is 0 Å². The number of carboxylic acid groups (broad SMARTS) is 1. The van der Waals surface area contributed by atoms with Crippen LogP contribution in [0.15, 0.2) is 72.8 Å². The summed E-state index contributed by atoms with van der Waals surface area (Å²) in [6.45, 7) is 1.59. The Labute approximate surface area is 189 Å². The van der Waals surface area contributed by atoms with Crippen molar-refractivity contribution in [1.82, 2.24) is 5.32 Å². The second-order valence-corrected chi connectivity index (χ2v) is 8.60. The summed E-state index contributed by atoms with van der Waals surface area (Å²) in [6.07, 6.45) is 4.32. The SMILES string of the molecule is CC(=O)NC1(CCc2ccc(CCCCC(=O)O)cc2)c2ccccc2-c2ccccc21. The molecule has 0 saturated carbocycles. The zero-order valence-corrected chi connectivity index (χ0v) is 18.4. The van der Waals surface area contributed by atoms with E-state index in [2.05, 4.69) is 66.0 Å². The molecule has 1 aliphatic rings. The number of hydrogen-bond acceptors (Lipinski definition) is 2. The number of benzene rings is 3. The highest BCUT2D eigenvalue weighted by Crippen LogP contribution is 2.49. The minimum absolute atomic E-state index is 0.0341. The Hall–Kier alpha value is -3.40. The van der Waals surface area contributed by atoms with Crippen LogP contribution in [-0.2, 0) is 28.0 Å². The Morgan fingerprint density at radius 2 is 1.31 bits per heavy atom. The smallest absolute Gasteiger partial charge is 0.303 e. The van der Waals surface area contributed by atoms with Gasteiger partial charge in [0.15, 0.2) is 0 Å². The van der Waals surface area contributed by atoms with Crippen molar-refractivity contribution in [2.45, 2.75) is 51.0 Å². The topological polar surface area (TPSA) is 66.4 Å². The first-order valence-electron chi connectivity index (χ1n) is 11.3. The average Bonchev–Trinajstić information content (AvgIpc) is 3.06. The molecule has 0 atom stereocenters. The third-order valence-electron chi connectivity index (χ3n) is 6.37. The molecule has 0 unspecified atom stereocenters. The average molecular weight is 428 g/mol. The van der Waals surface area contributed by atoms with Crippen LogP contribution in [-0.4, -0.2) is 17.0 Å². The number of unbranched alkanes of at least 4 members (excludes halogenated alkanes) is 1. The molecule has 164 valence electrons. The van der Waals surface area contributed by atoms with Gasteiger partial charge in [0.25, 0.3) is 0 Å². The van der Waals surface area contributed by atoms with Crippen LogP contribution < -0.4 is 5.32 Å². The lowest BCUT2D eigenvalue weighted by atomic mass is 9.82.